The number of carbonyl (C=O) groups excluding carboxylic acids is 1. The predicted molar refractivity (Wildman–Crippen MR) is 98.4 cm³/mol. The zero-order valence-corrected chi connectivity index (χ0v) is 14.1. The molecule has 0 heterocycles. The zero-order valence-electron chi connectivity index (χ0n) is 14.1. The largest absolute Gasteiger partial charge is 0.340 e. The Hall–Kier alpha value is -2.65. The van der Waals surface area contributed by atoms with E-state index >= 15 is 0 Å². The van der Waals surface area contributed by atoms with E-state index in [4.69, 9.17) is 5.73 Å². The topological polar surface area (TPSA) is 46.3 Å². The third kappa shape index (κ3) is 3.17. The Bertz CT molecular complexity index is 856. The van der Waals surface area contributed by atoms with E-state index in [0.29, 0.717) is 6.54 Å². The number of amides is 1. The smallest absolute Gasteiger partial charge is 0.247 e. The SMILES string of the molecule is CN(Cc1ccccc1)C(=O)C(C)(N)c1ccc2ccccc2c1. The lowest BCUT2D eigenvalue weighted by Crippen LogP contribution is -2.49. The van der Waals surface area contributed by atoms with Gasteiger partial charge in [0, 0.05) is 13.6 Å². The van der Waals surface area contributed by atoms with E-state index in [1.165, 1.54) is 0 Å². The van der Waals surface area contributed by atoms with E-state index in [2.05, 4.69) is 6.07 Å². The van der Waals surface area contributed by atoms with Gasteiger partial charge in [0.1, 0.15) is 5.54 Å². The van der Waals surface area contributed by atoms with Gasteiger partial charge in [0.05, 0.1) is 0 Å². The molecule has 0 saturated carbocycles. The van der Waals surface area contributed by atoms with E-state index in [9.17, 15) is 4.79 Å². The lowest BCUT2D eigenvalue weighted by atomic mass is 9.90. The maximum Gasteiger partial charge on any atom is 0.247 e. The fourth-order valence-corrected chi connectivity index (χ4v) is 2.96. The lowest BCUT2D eigenvalue weighted by Gasteiger charge is -2.30. The Morgan fingerprint density at radius 3 is 2.29 bits per heavy atom. The van der Waals surface area contributed by atoms with Gasteiger partial charge in [0.2, 0.25) is 5.91 Å². The first-order valence-electron chi connectivity index (χ1n) is 8.06. The Morgan fingerprint density at radius 1 is 0.958 bits per heavy atom. The molecule has 122 valence electrons. The highest BCUT2D eigenvalue weighted by Crippen LogP contribution is 2.25. The third-order valence-corrected chi connectivity index (χ3v) is 4.40. The average Bonchev–Trinajstić information content (AvgIpc) is 2.61. The van der Waals surface area contributed by atoms with Crippen molar-refractivity contribution in [2.45, 2.75) is 19.0 Å². The van der Waals surface area contributed by atoms with Crippen LogP contribution in [0.3, 0.4) is 0 Å². The molecule has 3 aromatic rings. The van der Waals surface area contributed by atoms with Gasteiger partial charge >= 0.3 is 0 Å². The Labute approximate surface area is 142 Å². The van der Waals surface area contributed by atoms with E-state index in [0.717, 1.165) is 21.9 Å². The van der Waals surface area contributed by atoms with Gasteiger partial charge in [-0.15, -0.1) is 0 Å². The number of hydrogen-bond acceptors (Lipinski definition) is 2. The number of carbonyl (C=O) groups is 1. The number of fused-ring (bicyclic) bond motifs is 1. The Kier molecular flexibility index (Phi) is 4.36. The Balaban J connectivity index is 1.85. The highest BCUT2D eigenvalue weighted by Gasteiger charge is 2.33. The maximum atomic E-state index is 12.9. The summed E-state index contributed by atoms with van der Waals surface area (Å²) in [6.07, 6.45) is 0. The normalized spacial score (nSPS) is 13.5. The van der Waals surface area contributed by atoms with Crippen molar-refractivity contribution >= 4 is 16.7 Å². The number of benzene rings is 3. The van der Waals surface area contributed by atoms with Crippen LogP contribution >= 0.6 is 0 Å². The number of likely N-dealkylation sites (N-methyl/N-ethyl adjacent to an activating group) is 1. The van der Waals surface area contributed by atoms with Crippen LogP contribution < -0.4 is 5.73 Å². The molecule has 3 heteroatoms. The molecule has 1 amide bonds. The molecule has 24 heavy (non-hydrogen) atoms. The predicted octanol–water partition coefficient (Wildman–Crippen LogP) is 3.67. The van der Waals surface area contributed by atoms with E-state index in [1.807, 2.05) is 66.7 Å². The van der Waals surface area contributed by atoms with Crippen molar-refractivity contribution in [3.63, 3.8) is 0 Å². The van der Waals surface area contributed by atoms with Gasteiger partial charge in [-0.3, -0.25) is 4.79 Å². The van der Waals surface area contributed by atoms with Gasteiger partial charge < -0.3 is 10.6 Å². The summed E-state index contributed by atoms with van der Waals surface area (Å²) in [6, 6.07) is 24.0. The summed E-state index contributed by atoms with van der Waals surface area (Å²) in [7, 11) is 1.79. The number of nitrogens with zero attached hydrogens (tertiary/aromatic N) is 1. The summed E-state index contributed by atoms with van der Waals surface area (Å²) in [5.41, 5.74) is 7.28. The summed E-state index contributed by atoms with van der Waals surface area (Å²) in [5.74, 6) is -0.0957. The molecule has 3 aromatic carbocycles. The van der Waals surface area contributed by atoms with Gasteiger partial charge in [-0.1, -0.05) is 66.7 Å². The molecule has 3 rings (SSSR count). The molecule has 0 aromatic heterocycles. The molecule has 3 nitrogen and oxygen atoms in total. The first-order valence-corrected chi connectivity index (χ1v) is 8.06. The fraction of sp³-hybridized carbons (Fsp3) is 0.190. The van der Waals surface area contributed by atoms with E-state index < -0.39 is 5.54 Å². The maximum absolute atomic E-state index is 12.9. The summed E-state index contributed by atoms with van der Waals surface area (Å²) < 4.78 is 0. The summed E-state index contributed by atoms with van der Waals surface area (Å²) in [6.45, 7) is 2.32. The van der Waals surface area contributed by atoms with Crippen LogP contribution in [-0.2, 0) is 16.9 Å². The Morgan fingerprint density at radius 2 is 1.58 bits per heavy atom. The summed E-state index contributed by atoms with van der Waals surface area (Å²) in [4.78, 5) is 14.6. The van der Waals surface area contributed by atoms with E-state index in [-0.39, 0.29) is 5.91 Å². The van der Waals surface area contributed by atoms with Gasteiger partial charge in [0.25, 0.3) is 0 Å². The molecule has 0 fully saturated rings. The highest BCUT2D eigenvalue weighted by molar-refractivity contribution is 5.90. The summed E-state index contributed by atoms with van der Waals surface area (Å²) in [5, 5.41) is 2.23. The molecule has 1 unspecified atom stereocenters. The van der Waals surface area contributed by atoms with Crippen LogP contribution in [0.1, 0.15) is 18.1 Å². The second-order valence-corrected chi connectivity index (χ2v) is 6.41. The van der Waals surface area contributed by atoms with Crippen LogP contribution in [0.2, 0.25) is 0 Å². The minimum Gasteiger partial charge on any atom is -0.340 e. The first kappa shape index (κ1) is 16.2. The van der Waals surface area contributed by atoms with Gasteiger partial charge in [-0.2, -0.15) is 0 Å². The van der Waals surface area contributed by atoms with Gasteiger partial charge in [0.15, 0.2) is 0 Å². The molecule has 0 spiro atoms. The molecule has 0 aliphatic carbocycles. The second kappa shape index (κ2) is 6.46. The molecular formula is C21H22N2O. The minimum absolute atomic E-state index is 0.0957. The number of hydrogen-bond donors (Lipinski definition) is 1. The van der Waals surface area contributed by atoms with Crippen molar-refractivity contribution < 1.29 is 4.79 Å². The quantitative estimate of drug-likeness (QED) is 0.798. The molecule has 0 aliphatic heterocycles. The first-order chi connectivity index (χ1) is 11.5. The average molecular weight is 318 g/mol. The van der Waals surface area contributed by atoms with Crippen LogP contribution in [0.5, 0.6) is 0 Å². The van der Waals surface area contributed by atoms with Crippen molar-refractivity contribution in [1.29, 1.82) is 0 Å². The molecule has 0 aliphatic rings. The van der Waals surface area contributed by atoms with Crippen molar-refractivity contribution in [3.05, 3.63) is 83.9 Å². The van der Waals surface area contributed by atoms with Crippen LogP contribution in [0, 0.1) is 0 Å². The molecule has 1 atom stereocenters. The monoisotopic (exact) mass is 318 g/mol. The van der Waals surface area contributed by atoms with Crippen molar-refractivity contribution in [2.24, 2.45) is 5.73 Å². The molecule has 0 saturated heterocycles. The lowest BCUT2D eigenvalue weighted by molar-refractivity contribution is -0.136. The number of rotatable bonds is 4. The molecule has 0 bridgehead atoms. The molecular weight excluding hydrogens is 296 g/mol. The van der Waals surface area contributed by atoms with Crippen molar-refractivity contribution in [3.8, 4) is 0 Å². The van der Waals surface area contributed by atoms with Crippen molar-refractivity contribution in [2.75, 3.05) is 7.05 Å². The van der Waals surface area contributed by atoms with Crippen molar-refractivity contribution in [1.82, 2.24) is 4.90 Å². The van der Waals surface area contributed by atoms with Gasteiger partial charge in [-0.05, 0) is 34.9 Å². The fourth-order valence-electron chi connectivity index (χ4n) is 2.96. The van der Waals surface area contributed by atoms with Gasteiger partial charge in [-0.25, -0.2) is 0 Å². The van der Waals surface area contributed by atoms with E-state index in [1.54, 1.807) is 18.9 Å². The van der Waals surface area contributed by atoms with Crippen LogP contribution in [0.4, 0.5) is 0 Å². The van der Waals surface area contributed by atoms with Crippen LogP contribution in [-0.4, -0.2) is 17.9 Å². The molecule has 0 radical (unpaired) electrons. The third-order valence-electron chi connectivity index (χ3n) is 4.40. The zero-order chi connectivity index (χ0) is 17.2. The van der Waals surface area contributed by atoms with Crippen LogP contribution in [0.25, 0.3) is 10.8 Å². The van der Waals surface area contributed by atoms with Crippen LogP contribution in [0.15, 0.2) is 72.8 Å². The second-order valence-electron chi connectivity index (χ2n) is 6.41. The minimum atomic E-state index is -1.06. The summed E-state index contributed by atoms with van der Waals surface area (Å²) >= 11 is 0. The number of nitrogens with two attached hydrogens (primary N) is 1. The standard InChI is InChI=1S/C21H22N2O/c1-21(22,19-13-12-17-10-6-7-11-18(17)14-19)20(24)23(2)15-16-8-4-3-5-9-16/h3-14H,15,22H2,1-2H3. The molecule has 2 N–H and O–H groups in total. The highest BCUT2D eigenvalue weighted by atomic mass is 16.2.